The van der Waals surface area contributed by atoms with Crippen LogP contribution in [0.1, 0.15) is 29.0 Å². The van der Waals surface area contributed by atoms with Crippen molar-refractivity contribution in [3.8, 4) is 5.75 Å². The Morgan fingerprint density at radius 3 is 2.48 bits per heavy atom. The van der Waals surface area contributed by atoms with Crippen molar-refractivity contribution in [2.45, 2.75) is 31.3 Å². The van der Waals surface area contributed by atoms with Crippen molar-refractivity contribution >= 4 is 0 Å². The molecule has 132 valence electrons. The number of hydrogen-bond acceptors (Lipinski definition) is 3. The molecular weight excluding hydrogens is 310 g/mol. The summed E-state index contributed by atoms with van der Waals surface area (Å²) in [5.74, 6) is 0.257. The topological polar surface area (TPSA) is 43.7 Å². The average molecular weight is 337 g/mol. The van der Waals surface area contributed by atoms with Crippen molar-refractivity contribution in [3.63, 3.8) is 0 Å². The summed E-state index contributed by atoms with van der Waals surface area (Å²) in [5.41, 5.74) is 2.67. The molecule has 1 saturated heterocycles. The maximum absolute atomic E-state index is 11.5. The van der Waals surface area contributed by atoms with Gasteiger partial charge < -0.3 is 10.2 Å². The molecule has 0 spiro atoms. The molecule has 3 nitrogen and oxygen atoms in total. The minimum Gasteiger partial charge on any atom is -0.508 e. The summed E-state index contributed by atoms with van der Waals surface area (Å²) in [6.45, 7) is 8.40. The van der Waals surface area contributed by atoms with Crippen LogP contribution in [0.4, 0.5) is 0 Å². The van der Waals surface area contributed by atoms with E-state index in [9.17, 15) is 10.2 Å². The highest BCUT2D eigenvalue weighted by Gasteiger charge is 2.42. The van der Waals surface area contributed by atoms with E-state index in [0.717, 1.165) is 37.2 Å². The van der Waals surface area contributed by atoms with Gasteiger partial charge in [0, 0.05) is 32.0 Å². The maximum atomic E-state index is 11.5. The Morgan fingerprint density at radius 2 is 1.84 bits per heavy atom. The van der Waals surface area contributed by atoms with Gasteiger partial charge in [-0.05, 0) is 36.6 Å². The third-order valence-electron chi connectivity index (χ3n) is 5.26. The predicted octanol–water partition coefficient (Wildman–Crippen LogP) is 3.65. The number of likely N-dealkylation sites (tertiary alicyclic amines) is 1. The van der Waals surface area contributed by atoms with Gasteiger partial charge in [-0.25, -0.2) is 0 Å². The number of piperidine rings is 1. The van der Waals surface area contributed by atoms with Gasteiger partial charge in [0.25, 0.3) is 0 Å². The molecule has 2 aromatic carbocycles. The van der Waals surface area contributed by atoms with Crippen molar-refractivity contribution in [3.05, 3.63) is 77.9 Å². The van der Waals surface area contributed by atoms with E-state index in [0.29, 0.717) is 6.42 Å². The van der Waals surface area contributed by atoms with Crippen molar-refractivity contribution in [2.24, 2.45) is 0 Å². The second kappa shape index (κ2) is 7.42. The van der Waals surface area contributed by atoms with Crippen LogP contribution in [0.15, 0.2) is 61.2 Å². The number of phenolic OH excluding ortho intramolecular Hbond substituents is 1. The first-order valence-corrected chi connectivity index (χ1v) is 8.90. The van der Waals surface area contributed by atoms with Gasteiger partial charge in [0.05, 0.1) is 5.60 Å². The molecule has 3 heteroatoms. The first-order valence-electron chi connectivity index (χ1n) is 8.90. The molecule has 3 rings (SSSR count). The third kappa shape index (κ3) is 4.12. The van der Waals surface area contributed by atoms with Crippen molar-refractivity contribution < 1.29 is 10.2 Å². The van der Waals surface area contributed by atoms with Gasteiger partial charge >= 0.3 is 0 Å². The van der Waals surface area contributed by atoms with Crippen LogP contribution in [0.25, 0.3) is 0 Å². The van der Waals surface area contributed by atoms with E-state index in [-0.39, 0.29) is 11.7 Å². The van der Waals surface area contributed by atoms with Crippen LogP contribution >= 0.6 is 0 Å². The maximum Gasteiger partial charge on any atom is 0.115 e. The van der Waals surface area contributed by atoms with Crippen LogP contribution in [0.2, 0.25) is 0 Å². The second-order valence-corrected chi connectivity index (χ2v) is 7.21. The van der Waals surface area contributed by atoms with Gasteiger partial charge in [-0.3, -0.25) is 4.90 Å². The lowest BCUT2D eigenvalue weighted by Crippen LogP contribution is -2.51. The van der Waals surface area contributed by atoms with Crippen molar-refractivity contribution in [1.29, 1.82) is 0 Å². The number of aryl methyl sites for hydroxylation is 1. The van der Waals surface area contributed by atoms with E-state index in [1.54, 1.807) is 12.1 Å². The summed E-state index contributed by atoms with van der Waals surface area (Å²) in [7, 11) is 0. The average Bonchev–Trinajstić information content (AvgIpc) is 2.60. The number of aliphatic hydroxyl groups is 1. The highest BCUT2D eigenvalue weighted by Crippen LogP contribution is 2.39. The first kappa shape index (κ1) is 17.7. The number of rotatable bonds is 5. The summed E-state index contributed by atoms with van der Waals surface area (Å²) < 4.78 is 0. The zero-order valence-electron chi connectivity index (χ0n) is 14.9. The van der Waals surface area contributed by atoms with Gasteiger partial charge in [0.2, 0.25) is 0 Å². The Balaban J connectivity index is 1.89. The Bertz CT molecular complexity index is 708. The zero-order chi connectivity index (χ0) is 17.9. The molecule has 1 aliphatic rings. The van der Waals surface area contributed by atoms with Gasteiger partial charge in [0.15, 0.2) is 0 Å². The monoisotopic (exact) mass is 337 g/mol. The fourth-order valence-corrected chi connectivity index (χ4v) is 3.79. The first-order chi connectivity index (χ1) is 12.0. The molecule has 0 aliphatic carbocycles. The minimum atomic E-state index is -0.788. The molecule has 0 aromatic heterocycles. The Hall–Kier alpha value is -2.10. The van der Waals surface area contributed by atoms with Crippen LogP contribution in [0.3, 0.4) is 0 Å². The number of nitrogens with zero attached hydrogens (tertiary/aromatic N) is 1. The van der Waals surface area contributed by atoms with Crippen LogP contribution in [-0.4, -0.2) is 40.3 Å². The molecule has 1 aliphatic heterocycles. The molecular formula is C22H27NO2. The lowest BCUT2D eigenvalue weighted by atomic mass is 9.73. The van der Waals surface area contributed by atoms with Crippen molar-refractivity contribution in [1.82, 2.24) is 4.90 Å². The molecule has 0 radical (unpaired) electrons. The van der Waals surface area contributed by atoms with E-state index >= 15 is 0 Å². The summed E-state index contributed by atoms with van der Waals surface area (Å²) >= 11 is 0. The Morgan fingerprint density at radius 1 is 1.16 bits per heavy atom. The van der Waals surface area contributed by atoms with Gasteiger partial charge in [0.1, 0.15) is 5.75 Å². The summed E-state index contributed by atoms with van der Waals surface area (Å²) in [4.78, 5) is 2.33. The van der Waals surface area contributed by atoms with Gasteiger partial charge in [-0.15, -0.1) is 6.58 Å². The smallest absolute Gasteiger partial charge is 0.115 e. The van der Waals surface area contributed by atoms with Gasteiger partial charge in [-0.2, -0.15) is 0 Å². The molecule has 0 bridgehead atoms. The summed E-state index contributed by atoms with van der Waals surface area (Å²) in [6, 6.07) is 15.7. The van der Waals surface area contributed by atoms with Gasteiger partial charge in [-0.1, -0.05) is 48.0 Å². The molecule has 2 aromatic rings. The number of hydrogen-bond donors (Lipinski definition) is 2. The SMILES string of the molecule is C=CCN1CCC(O)(Cc2ccc(C)cc2)C(c2ccc(O)cc2)C1. The highest BCUT2D eigenvalue weighted by molar-refractivity contribution is 5.32. The molecule has 2 N–H and O–H groups in total. The fraction of sp³-hybridized carbons (Fsp3) is 0.364. The second-order valence-electron chi connectivity index (χ2n) is 7.21. The molecule has 0 saturated carbocycles. The number of benzene rings is 2. The molecule has 0 amide bonds. The molecule has 1 heterocycles. The number of phenols is 1. The largest absolute Gasteiger partial charge is 0.508 e. The van der Waals surface area contributed by atoms with Crippen LogP contribution < -0.4 is 0 Å². The summed E-state index contributed by atoms with van der Waals surface area (Å²) in [5, 5.41) is 21.1. The van der Waals surface area contributed by atoms with Crippen LogP contribution in [0, 0.1) is 6.92 Å². The molecule has 2 unspecified atom stereocenters. The van der Waals surface area contributed by atoms with Crippen molar-refractivity contribution in [2.75, 3.05) is 19.6 Å². The van der Waals surface area contributed by atoms with E-state index in [1.165, 1.54) is 5.56 Å². The Kier molecular flexibility index (Phi) is 5.26. The zero-order valence-corrected chi connectivity index (χ0v) is 14.9. The third-order valence-corrected chi connectivity index (χ3v) is 5.26. The Labute approximate surface area is 150 Å². The van der Waals surface area contributed by atoms with Crippen LogP contribution in [0.5, 0.6) is 5.75 Å². The van der Waals surface area contributed by atoms with E-state index < -0.39 is 5.60 Å². The highest BCUT2D eigenvalue weighted by atomic mass is 16.3. The molecule has 1 fully saturated rings. The minimum absolute atomic E-state index is 0.00287. The van der Waals surface area contributed by atoms with E-state index in [4.69, 9.17) is 0 Å². The quantitative estimate of drug-likeness (QED) is 0.819. The van der Waals surface area contributed by atoms with E-state index in [2.05, 4.69) is 42.7 Å². The van der Waals surface area contributed by atoms with Crippen LogP contribution in [-0.2, 0) is 6.42 Å². The predicted molar refractivity (Wildman–Crippen MR) is 102 cm³/mol. The van der Waals surface area contributed by atoms with E-state index in [1.807, 2.05) is 18.2 Å². The normalized spacial score (nSPS) is 24.2. The number of aromatic hydroxyl groups is 1. The molecule has 25 heavy (non-hydrogen) atoms. The fourth-order valence-electron chi connectivity index (χ4n) is 3.79. The standard InChI is InChI=1S/C22H27NO2/c1-3-13-23-14-12-22(25,15-18-6-4-17(2)5-7-18)21(16-23)19-8-10-20(24)11-9-19/h3-11,21,24-25H,1,12-16H2,2H3. The lowest BCUT2D eigenvalue weighted by molar-refractivity contribution is -0.0390. The summed E-state index contributed by atoms with van der Waals surface area (Å²) in [6.07, 6.45) is 3.28. The lowest BCUT2D eigenvalue weighted by Gasteiger charge is -2.45. The molecule has 2 atom stereocenters.